The van der Waals surface area contributed by atoms with Gasteiger partial charge in [0.2, 0.25) is 0 Å². The van der Waals surface area contributed by atoms with Gasteiger partial charge in [-0.2, -0.15) is 0 Å². The Morgan fingerprint density at radius 1 is 1.20 bits per heavy atom. The molecule has 0 aromatic heterocycles. The van der Waals surface area contributed by atoms with Crippen LogP contribution in [0.15, 0.2) is 40.9 Å². The molecule has 2 aromatic carbocycles. The lowest BCUT2D eigenvalue weighted by molar-refractivity contribution is 0.576. The van der Waals surface area contributed by atoms with Crippen LogP contribution in [0.3, 0.4) is 0 Å². The van der Waals surface area contributed by atoms with Crippen molar-refractivity contribution in [2.24, 2.45) is 0 Å². The van der Waals surface area contributed by atoms with E-state index >= 15 is 0 Å². The molecule has 1 unspecified atom stereocenters. The summed E-state index contributed by atoms with van der Waals surface area (Å²) in [4.78, 5) is 0. The van der Waals surface area contributed by atoms with Gasteiger partial charge < -0.3 is 5.32 Å². The van der Waals surface area contributed by atoms with Crippen LogP contribution < -0.4 is 5.32 Å². The van der Waals surface area contributed by atoms with Crippen LogP contribution in [-0.4, -0.2) is 7.05 Å². The second-order valence-corrected chi connectivity index (χ2v) is 5.81. The SMILES string of the molecule is CCc1ccc(C(NC)c2ccc(Br)c(Cl)c2F)cc1. The maximum Gasteiger partial charge on any atom is 0.148 e. The zero-order valence-corrected chi connectivity index (χ0v) is 13.7. The highest BCUT2D eigenvalue weighted by Crippen LogP contribution is 2.32. The monoisotopic (exact) mass is 355 g/mol. The van der Waals surface area contributed by atoms with Crippen molar-refractivity contribution in [3.05, 3.63) is 68.4 Å². The normalized spacial score (nSPS) is 12.4. The van der Waals surface area contributed by atoms with Crippen molar-refractivity contribution in [3.63, 3.8) is 0 Å². The number of rotatable bonds is 4. The molecule has 0 saturated carbocycles. The van der Waals surface area contributed by atoms with Crippen LogP contribution in [0.1, 0.15) is 29.7 Å². The van der Waals surface area contributed by atoms with E-state index in [-0.39, 0.29) is 16.9 Å². The molecule has 0 fully saturated rings. The second-order valence-electron chi connectivity index (χ2n) is 4.58. The molecule has 0 aliphatic rings. The maximum absolute atomic E-state index is 14.3. The number of hydrogen-bond acceptors (Lipinski definition) is 1. The molecule has 2 rings (SSSR count). The van der Waals surface area contributed by atoms with Gasteiger partial charge in [-0.05, 0) is 46.6 Å². The highest BCUT2D eigenvalue weighted by Gasteiger charge is 2.19. The van der Waals surface area contributed by atoms with Crippen LogP contribution >= 0.6 is 27.5 Å². The largest absolute Gasteiger partial charge is 0.309 e. The summed E-state index contributed by atoms with van der Waals surface area (Å²) in [7, 11) is 1.81. The van der Waals surface area contributed by atoms with Crippen LogP contribution in [0.5, 0.6) is 0 Å². The van der Waals surface area contributed by atoms with E-state index in [9.17, 15) is 4.39 Å². The van der Waals surface area contributed by atoms with Gasteiger partial charge in [0.25, 0.3) is 0 Å². The van der Waals surface area contributed by atoms with E-state index in [0.29, 0.717) is 10.0 Å². The molecule has 0 radical (unpaired) electrons. The average Bonchev–Trinajstić information content (AvgIpc) is 2.48. The van der Waals surface area contributed by atoms with Crippen molar-refractivity contribution in [2.45, 2.75) is 19.4 Å². The molecule has 0 bridgehead atoms. The summed E-state index contributed by atoms with van der Waals surface area (Å²) >= 11 is 9.20. The maximum atomic E-state index is 14.3. The number of hydrogen-bond donors (Lipinski definition) is 1. The van der Waals surface area contributed by atoms with Crippen molar-refractivity contribution in [2.75, 3.05) is 7.05 Å². The standard InChI is InChI=1S/C16H16BrClFN/c1-3-10-4-6-11(7-5-10)16(20-2)12-8-9-13(17)14(18)15(12)19/h4-9,16,20H,3H2,1-2H3. The number of benzene rings is 2. The van der Waals surface area contributed by atoms with E-state index in [1.54, 1.807) is 12.1 Å². The lowest BCUT2D eigenvalue weighted by atomic mass is 9.97. The highest BCUT2D eigenvalue weighted by molar-refractivity contribution is 9.10. The molecule has 1 nitrogen and oxygen atoms in total. The minimum Gasteiger partial charge on any atom is -0.309 e. The average molecular weight is 357 g/mol. The van der Waals surface area contributed by atoms with E-state index in [2.05, 4.69) is 40.3 Å². The van der Waals surface area contributed by atoms with Crippen molar-refractivity contribution in [1.82, 2.24) is 5.32 Å². The summed E-state index contributed by atoms with van der Waals surface area (Å²) in [6, 6.07) is 11.5. The van der Waals surface area contributed by atoms with Gasteiger partial charge >= 0.3 is 0 Å². The Bertz CT molecular complexity index is 598. The van der Waals surface area contributed by atoms with Crippen LogP contribution in [0, 0.1) is 5.82 Å². The molecule has 1 N–H and O–H groups in total. The van der Waals surface area contributed by atoms with Crippen LogP contribution in [-0.2, 0) is 6.42 Å². The van der Waals surface area contributed by atoms with Gasteiger partial charge in [-0.25, -0.2) is 4.39 Å². The van der Waals surface area contributed by atoms with E-state index in [1.165, 1.54) is 5.56 Å². The third-order valence-corrected chi connectivity index (χ3v) is 4.64. The fraction of sp³-hybridized carbons (Fsp3) is 0.250. The fourth-order valence-electron chi connectivity index (χ4n) is 2.21. The predicted octanol–water partition coefficient (Wildman–Crippen LogP) is 5.11. The smallest absolute Gasteiger partial charge is 0.148 e. The van der Waals surface area contributed by atoms with Crippen molar-refractivity contribution >= 4 is 27.5 Å². The molecule has 106 valence electrons. The van der Waals surface area contributed by atoms with Gasteiger partial charge in [0.05, 0.1) is 11.1 Å². The third kappa shape index (κ3) is 3.05. The fourth-order valence-corrected chi connectivity index (χ4v) is 2.69. The summed E-state index contributed by atoms with van der Waals surface area (Å²) in [5, 5.41) is 3.26. The van der Waals surface area contributed by atoms with E-state index in [4.69, 9.17) is 11.6 Å². The first-order valence-corrected chi connectivity index (χ1v) is 7.65. The lowest BCUT2D eigenvalue weighted by Gasteiger charge is -2.19. The number of halogens is 3. The minimum absolute atomic E-state index is 0.118. The van der Waals surface area contributed by atoms with E-state index in [0.717, 1.165) is 12.0 Å². The Morgan fingerprint density at radius 2 is 1.85 bits per heavy atom. The summed E-state index contributed by atoms with van der Waals surface area (Å²) < 4.78 is 14.9. The van der Waals surface area contributed by atoms with Crippen LogP contribution in [0.4, 0.5) is 4.39 Å². The molecule has 0 heterocycles. The van der Waals surface area contributed by atoms with Crippen LogP contribution in [0.25, 0.3) is 0 Å². The Hall–Kier alpha value is -0.900. The molecule has 1 atom stereocenters. The molecule has 0 aliphatic heterocycles. The van der Waals surface area contributed by atoms with Gasteiger partial charge in [0.1, 0.15) is 5.82 Å². The minimum atomic E-state index is -0.389. The number of aryl methyl sites for hydroxylation is 1. The Kier molecular flexibility index (Phi) is 5.19. The first-order chi connectivity index (χ1) is 9.58. The van der Waals surface area contributed by atoms with Crippen molar-refractivity contribution in [3.8, 4) is 0 Å². The molecule has 2 aromatic rings. The number of nitrogens with one attached hydrogen (secondary N) is 1. The predicted molar refractivity (Wildman–Crippen MR) is 85.8 cm³/mol. The molecular weight excluding hydrogens is 341 g/mol. The summed E-state index contributed by atoms with van der Waals surface area (Å²) in [5.41, 5.74) is 2.82. The molecule has 0 spiro atoms. The molecule has 0 amide bonds. The first kappa shape index (κ1) is 15.5. The summed E-state index contributed by atoms with van der Waals surface area (Å²) in [6.45, 7) is 2.11. The van der Waals surface area contributed by atoms with Gasteiger partial charge in [-0.3, -0.25) is 0 Å². The lowest BCUT2D eigenvalue weighted by Crippen LogP contribution is -2.19. The topological polar surface area (TPSA) is 12.0 Å². The Labute approximate surface area is 132 Å². The Balaban J connectivity index is 2.44. The molecule has 0 saturated heterocycles. The molecular formula is C16H16BrClFN. The zero-order valence-electron chi connectivity index (χ0n) is 11.4. The first-order valence-electron chi connectivity index (χ1n) is 6.48. The van der Waals surface area contributed by atoms with E-state index in [1.807, 2.05) is 19.2 Å². The van der Waals surface area contributed by atoms with Crippen molar-refractivity contribution < 1.29 is 4.39 Å². The highest BCUT2D eigenvalue weighted by atomic mass is 79.9. The third-order valence-electron chi connectivity index (χ3n) is 3.39. The van der Waals surface area contributed by atoms with Gasteiger partial charge in [-0.1, -0.05) is 48.9 Å². The quantitative estimate of drug-likeness (QED) is 0.750. The zero-order chi connectivity index (χ0) is 14.7. The van der Waals surface area contributed by atoms with E-state index < -0.39 is 0 Å². The van der Waals surface area contributed by atoms with Crippen LogP contribution in [0.2, 0.25) is 5.02 Å². The Morgan fingerprint density at radius 3 is 2.40 bits per heavy atom. The molecule has 4 heteroatoms. The van der Waals surface area contributed by atoms with Crippen molar-refractivity contribution in [1.29, 1.82) is 0 Å². The molecule has 20 heavy (non-hydrogen) atoms. The second kappa shape index (κ2) is 6.70. The van der Waals surface area contributed by atoms with Gasteiger partial charge in [0.15, 0.2) is 0 Å². The summed E-state index contributed by atoms with van der Waals surface area (Å²) in [5.74, 6) is -0.389. The van der Waals surface area contributed by atoms with Gasteiger partial charge in [-0.15, -0.1) is 0 Å². The van der Waals surface area contributed by atoms with Gasteiger partial charge in [0, 0.05) is 10.0 Å². The molecule has 0 aliphatic carbocycles. The summed E-state index contributed by atoms with van der Waals surface area (Å²) in [6.07, 6.45) is 0.989.